The smallest absolute Gasteiger partial charge is 0.175 e. The Morgan fingerprint density at radius 1 is 1.14 bits per heavy atom. The number of hydrogen-bond donors (Lipinski definition) is 1. The van der Waals surface area contributed by atoms with Crippen LogP contribution in [0.3, 0.4) is 0 Å². The van der Waals surface area contributed by atoms with Gasteiger partial charge in [0.1, 0.15) is 12.4 Å². The lowest BCUT2D eigenvalue weighted by Gasteiger charge is -2.23. The lowest BCUT2D eigenvalue weighted by molar-refractivity contribution is 0.259. The van der Waals surface area contributed by atoms with Crippen molar-refractivity contribution in [1.29, 1.82) is 0 Å². The third-order valence-corrected chi connectivity index (χ3v) is 5.87. The van der Waals surface area contributed by atoms with Gasteiger partial charge in [-0.3, -0.25) is 4.90 Å². The van der Waals surface area contributed by atoms with Crippen molar-refractivity contribution in [2.45, 2.75) is 45.9 Å². The molecule has 1 aliphatic heterocycles. The van der Waals surface area contributed by atoms with Gasteiger partial charge in [0.15, 0.2) is 11.5 Å². The summed E-state index contributed by atoms with van der Waals surface area (Å²) < 4.78 is 25.8. The number of rotatable bonds is 10. The Morgan fingerprint density at radius 3 is 2.66 bits per heavy atom. The second-order valence-electron chi connectivity index (χ2n) is 7.31. The first-order chi connectivity index (χ1) is 14.1. The normalized spacial score (nSPS) is 16.9. The summed E-state index contributed by atoms with van der Waals surface area (Å²) in [6.45, 7) is 9.21. The standard InChI is InChI=1S/C23H30BrFN2O2/c1-3-27-11-5-6-20(27)15-26-14-18-12-21(24)23(22(13-18)28-4-2)29-16-17-7-9-19(25)10-8-17/h7-10,12-13,20,26H,3-6,11,14-16H2,1-2H3/t20-/m0/s1. The van der Waals surface area contributed by atoms with Crippen LogP contribution in [-0.2, 0) is 13.2 Å². The molecule has 1 heterocycles. The van der Waals surface area contributed by atoms with Gasteiger partial charge in [-0.2, -0.15) is 0 Å². The fourth-order valence-corrected chi connectivity index (χ4v) is 4.39. The minimum absolute atomic E-state index is 0.249. The number of hydrogen-bond acceptors (Lipinski definition) is 4. The molecular formula is C23H30BrFN2O2. The molecule has 4 nitrogen and oxygen atoms in total. The third kappa shape index (κ3) is 6.17. The van der Waals surface area contributed by atoms with Crippen LogP contribution in [-0.4, -0.2) is 37.2 Å². The SMILES string of the molecule is CCOc1cc(CNC[C@@H]2CCCN2CC)cc(Br)c1OCc1ccc(F)cc1. The van der Waals surface area contributed by atoms with Crippen LogP contribution < -0.4 is 14.8 Å². The molecular weight excluding hydrogens is 435 g/mol. The fourth-order valence-electron chi connectivity index (χ4n) is 3.79. The molecule has 0 amide bonds. The van der Waals surface area contributed by atoms with Crippen LogP contribution in [0, 0.1) is 5.82 Å². The van der Waals surface area contributed by atoms with E-state index >= 15 is 0 Å². The third-order valence-electron chi connectivity index (χ3n) is 5.28. The predicted octanol–water partition coefficient (Wildman–Crippen LogP) is 5.14. The molecule has 1 atom stereocenters. The van der Waals surface area contributed by atoms with Gasteiger partial charge in [-0.25, -0.2) is 4.39 Å². The first kappa shape index (κ1) is 22.1. The molecule has 0 saturated carbocycles. The zero-order valence-electron chi connectivity index (χ0n) is 17.2. The molecule has 1 aliphatic rings. The van der Waals surface area contributed by atoms with Crippen LogP contribution in [0.15, 0.2) is 40.9 Å². The van der Waals surface area contributed by atoms with E-state index in [4.69, 9.17) is 9.47 Å². The van der Waals surface area contributed by atoms with E-state index in [0.717, 1.165) is 41.0 Å². The molecule has 2 aromatic carbocycles. The predicted molar refractivity (Wildman–Crippen MR) is 118 cm³/mol. The van der Waals surface area contributed by atoms with E-state index in [1.54, 1.807) is 12.1 Å². The monoisotopic (exact) mass is 464 g/mol. The van der Waals surface area contributed by atoms with E-state index < -0.39 is 0 Å². The van der Waals surface area contributed by atoms with Crippen LogP contribution in [0.2, 0.25) is 0 Å². The van der Waals surface area contributed by atoms with E-state index in [0.29, 0.717) is 25.0 Å². The van der Waals surface area contributed by atoms with Gasteiger partial charge in [-0.1, -0.05) is 19.1 Å². The minimum Gasteiger partial charge on any atom is -0.490 e. The Morgan fingerprint density at radius 2 is 1.93 bits per heavy atom. The van der Waals surface area contributed by atoms with Gasteiger partial charge in [-0.15, -0.1) is 0 Å². The highest BCUT2D eigenvalue weighted by Gasteiger charge is 2.22. The van der Waals surface area contributed by atoms with Crippen LogP contribution >= 0.6 is 15.9 Å². The van der Waals surface area contributed by atoms with Crippen molar-refractivity contribution in [3.05, 3.63) is 57.8 Å². The summed E-state index contributed by atoms with van der Waals surface area (Å²) in [6, 6.07) is 11.1. The summed E-state index contributed by atoms with van der Waals surface area (Å²) in [5, 5.41) is 3.59. The summed E-state index contributed by atoms with van der Waals surface area (Å²) in [5.41, 5.74) is 2.05. The zero-order valence-corrected chi connectivity index (χ0v) is 18.8. The highest BCUT2D eigenvalue weighted by atomic mass is 79.9. The van der Waals surface area contributed by atoms with E-state index in [9.17, 15) is 4.39 Å². The average molecular weight is 465 g/mol. The Kier molecular flexibility index (Phi) is 8.33. The van der Waals surface area contributed by atoms with E-state index in [1.165, 1.54) is 31.5 Å². The van der Waals surface area contributed by atoms with Gasteiger partial charge < -0.3 is 14.8 Å². The first-order valence-electron chi connectivity index (χ1n) is 10.4. The molecule has 0 unspecified atom stereocenters. The van der Waals surface area contributed by atoms with Gasteiger partial charge in [-0.05, 0) is 84.2 Å². The van der Waals surface area contributed by atoms with Crippen LogP contribution in [0.25, 0.3) is 0 Å². The summed E-state index contributed by atoms with van der Waals surface area (Å²) in [7, 11) is 0. The molecule has 6 heteroatoms. The van der Waals surface area contributed by atoms with Crippen molar-refractivity contribution in [1.82, 2.24) is 10.2 Å². The number of benzene rings is 2. The van der Waals surface area contributed by atoms with Crippen LogP contribution in [0.4, 0.5) is 4.39 Å². The molecule has 1 N–H and O–H groups in total. The van der Waals surface area contributed by atoms with Crippen molar-refractivity contribution in [2.75, 3.05) is 26.2 Å². The van der Waals surface area contributed by atoms with Gasteiger partial charge in [0, 0.05) is 19.1 Å². The summed E-state index contributed by atoms with van der Waals surface area (Å²) in [5.74, 6) is 1.14. The minimum atomic E-state index is -0.249. The maximum atomic E-state index is 13.1. The molecule has 29 heavy (non-hydrogen) atoms. The first-order valence-corrected chi connectivity index (χ1v) is 11.2. The van der Waals surface area contributed by atoms with Crippen molar-refractivity contribution < 1.29 is 13.9 Å². The largest absolute Gasteiger partial charge is 0.490 e. The van der Waals surface area contributed by atoms with Crippen LogP contribution in [0.5, 0.6) is 11.5 Å². The molecule has 0 bridgehead atoms. The molecule has 2 aromatic rings. The number of likely N-dealkylation sites (N-methyl/N-ethyl adjacent to an activating group) is 1. The molecule has 158 valence electrons. The Balaban J connectivity index is 1.63. The Bertz CT molecular complexity index is 785. The molecule has 0 aliphatic carbocycles. The molecule has 0 radical (unpaired) electrons. The number of ether oxygens (including phenoxy) is 2. The second-order valence-corrected chi connectivity index (χ2v) is 8.16. The number of nitrogens with zero attached hydrogens (tertiary/aromatic N) is 1. The summed E-state index contributed by atoms with van der Waals surface area (Å²) >= 11 is 3.63. The van der Waals surface area contributed by atoms with Gasteiger partial charge >= 0.3 is 0 Å². The lowest BCUT2D eigenvalue weighted by atomic mass is 10.1. The van der Waals surface area contributed by atoms with Crippen molar-refractivity contribution in [2.24, 2.45) is 0 Å². The lowest BCUT2D eigenvalue weighted by Crippen LogP contribution is -2.37. The Labute approximate surface area is 181 Å². The second kappa shape index (κ2) is 11.0. The number of likely N-dealkylation sites (tertiary alicyclic amines) is 1. The van der Waals surface area contributed by atoms with Gasteiger partial charge in [0.2, 0.25) is 0 Å². The molecule has 0 spiro atoms. The van der Waals surface area contributed by atoms with Crippen molar-refractivity contribution in [3.8, 4) is 11.5 Å². The quantitative estimate of drug-likeness (QED) is 0.527. The Hall–Kier alpha value is -1.63. The topological polar surface area (TPSA) is 33.7 Å². The molecule has 0 aromatic heterocycles. The average Bonchev–Trinajstić information content (AvgIpc) is 3.16. The summed E-state index contributed by atoms with van der Waals surface area (Å²) in [6.07, 6.45) is 2.56. The summed E-state index contributed by atoms with van der Waals surface area (Å²) in [4.78, 5) is 2.54. The van der Waals surface area contributed by atoms with E-state index in [1.807, 2.05) is 13.0 Å². The highest BCUT2D eigenvalue weighted by molar-refractivity contribution is 9.10. The molecule has 3 rings (SSSR count). The molecule has 1 saturated heterocycles. The van der Waals surface area contributed by atoms with Gasteiger partial charge in [0.25, 0.3) is 0 Å². The maximum absolute atomic E-state index is 13.1. The van der Waals surface area contributed by atoms with E-state index in [2.05, 4.69) is 39.1 Å². The van der Waals surface area contributed by atoms with Crippen LogP contribution in [0.1, 0.15) is 37.8 Å². The fraction of sp³-hybridized carbons (Fsp3) is 0.478. The zero-order chi connectivity index (χ0) is 20.6. The van der Waals surface area contributed by atoms with E-state index in [-0.39, 0.29) is 5.82 Å². The molecule has 1 fully saturated rings. The van der Waals surface area contributed by atoms with Crippen molar-refractivity contribution >= 4 is 15.9 Å². The maximum Gasteiger partial charge on any atom is 0.175 e. The van der Waals surface area contributed by atoms with Gasteiger partial charge in [0.05, 0.1) is 11.1 Å². The van der Waals surface area contributed by atoms with Crippen molar-refractivity contribution in [3.63, 3.8) is 0 Å². The highest BCUT2D eigenvalue weighted by Crippen LogP contribution is 2.37. The number of nitrogens with one attached hydrogen (secondary N) is 1. The number of halogens is 2.